The van der Waals surface area contributed by atoms with Crippen LogP contribution in [0.25, 0.3) is 11.3 Å². The maximum absolute atomic E-state index is 12.9. The van der Waals surface area contributed by atoms with Crippen LogP contribution in [0.2, 0.25) is 0 Å². The number of aromatic carboxylic acids is 1. The van der Waals surface area contributed by atoms with Crippen LogP contribution >= 0.6 is 0 Å². The summed E-state index contributed by atoms with van der Waals surface area (Å²) >= 11 is 0. The van der Waals surface area contributed by atoms with Crippen molar-refractivity contribution in [3.8, 4) is 11.3 Å². The molecule has 1 aromatic heterocycles. The first-order chi connectivity index (χ1) is 12.0. The Kier molecular flexibility index (Phi) is 4.35. The SMILES string of the molecule is Cc1onc(-c2ccccc2)c1C(=O)N(C)c1ccc(C(=O)O)cc1. The van der Waals surface area contributed by atoms with Crippen LogP contribution in [0.3, 0.4) is 0 Å². The lowest BCUT2D eigenvalue weighted by molar-refractivity contribution is 0.0696. The molecule has 1 amide bonds. The number of hydrogen-bond donors (Lipinski definition) is 1. The molecule has 1 heterocycles. The Bertz CT molecular complexity index is 914. The summed E-state index contributed by atoms with van der Waals surface area (Å²) in [4.78, 5) is 25.3. The number of rotatable bonds is 4. The van der Waals surface area contributed by atoms with Gasteiger partial charge in [-0.2, -0.15) is 0 Å². The molecule has 6 heteroatoms. The van der Waals surface area contributed by atoms with Gasteiger partial charge in [0.15, 0.2) is 0 Å². The number of benzene rings is 2. The van der Waals surface area contributed by atoms with E-state index in [2.05, 4.69) is 5.16 Å². The maximum atomic E-state index is 12.9. The minimum atomic E-state index is -1.01. The maximum Gasteiger partial charge on any atom is 0.335 e. The molecule has 3 aromatic rings. The quantitative estimate of drug-likeness (QED) is 0.786. The van der Waals surface area contributed by atoms with Crippen molar-refractivity contribution in [3.05, 3.63) is 71.5 Å². The van der Waals surface area contributed by atoms with E-state index in [-0.39, 0.29) is 11.5 Å². The normalized spacial score (nSPS) is 10.5. The number of carbonyl (C=O) groups is 2. The average Bonchev–Trinajstić information content (AvgIpc) is 3.02. The van der Waals surface area contributed by atoms with E-state index >= 15 is 0 Å². The number of carboxylic acid groups (broad SMARTS) is 1. The second-order valence-corrected chi connectivity index (χ2v) is 5.54. The Hall–Kier alpha value is -3.41. The van der Waals surface area contributed by atoms with Crippen LogP contribution in [-0.4, -0.2) is 29.2 Å². The molecular formula is C19H16N2O4. The number of anilines is 1. The van der Waals surface area contributed by atoms with Crippen molar-refractivity contribution in [2.24, 2.45) is 0 Å². The molecule has 1 N–H and O–H groups in total. The van der Waals surface area contributed by atoms with E-state index in [9.17, 15) is 9.59 Å². The molecule has 0 aliphatic carbocycles. The number of nitrogens with zero attached hydrogens (tertiary/aromatic N) is 2. The molecule has 0 aliphatic rings. The first-order valence-corrected chi connectivity index (χ1v) is 7.62. The molecule has 0 radical (unpaired) electrons. The Morgan fingerprint density at radius 2 is 1.68 bits per heavy atom. The van der Waals surface area contributed by atoms with Crippen molar-refractivity contribution in [1.29, 1.82) is 0 Å². The molecular weight excluding hydrogens is 320 g/mol. The third-order valence-corrected chi connectivity index (χ3v) is 3.93. The fraction of sp³-hybridized carbons (Fsp3) is 0.105. The van der Waals surface area contributed by atoms with Crippen molar-refractivity contribution < 1.29 is 19.2 Å². The minimum Gasteiger partial charge on any atom is -0.478 e. The minimum absolute atomic E-state index is 0.163. The van der Waals surface area contributed by atoms with E-state index in [1.807, 2.05) is 30.3 Å². The summed E-state index contributed by atoms with van der Waals surface area (Å²) in [5.74, 6) is -0.861. The van der Waals surface area contributed by atoms with Gasteiger partial charge in [0.05, 0.1) is 5.56 Å². The molecule has 0 saturated carbocycles. The molecule has 0 fully saturated rings. The van der Waals surface area contributed by atoms with Crippen LogP contribution in [0, 0.1) is 6.92 Å². The third kappa shape index (κ3) is 3.14. The van der Waals surface area contributed by atoms with E-state index in [1.54, 1.807) is 26.1 Å². The highest BCUT2D eigenvalue weighted by molar-refractivity contribution is 6.10. The Morgan fingerprint density at radius 1 is 1.04 bits per heavy atom. The summed E-state index contributed by atoms with van der Waals surface area (Å²) in [5.41, 5.74) is 2.40. The first-order valence-electron chi connectivity index (χ1n) is 7.62. The number of carboxylic acids is 1. The summed E-state index contributed by atoms with van der Waals surface area (Å²) in [6, 6.07) is 15.4. The smallest absolute Gasteiger partial charge is 0.335 e. The fourth-order valence-electron chi connectivity index (χ4n) is 2.53. The number of amides is 1. The zero-order valence-electron chi connectivity index (χ0n) is 13.8. The molecule has 25 heavy (non-hydrogen) atoms. The summed E-state index contributed by atoms with van der Waals surface area (Å²) in [7, 11) is 1.62. The Balaban J connectivity index is 1.95. The molecule has 3 rings (SSSR count). The predicted molar refractivity (Wildman–Crippen MR) is 92.8 cm³/mol. The Labute approximate surface area is 144 Å². The molecule has 2 aromatic carbocycles. The van der Waals surface area contributed by atoms with Crippen LogP contribution in [0.4, 0.5) is 5.69 Å². The topological polar surface area (TPSA) is 83.6 Å². The first kappa shape index (κ1) is 16.4. The van der Waals surface area contributed by atoms with Gasteiger partial charge in [0.1, 0.15) is 17.0 Å². The van der Waals surface area contributed by atoms with Gasteiger partial charge in [-0.1, -0.05) is 35.5 Å². The van der Waals surface area contributed by atoms with Crippen molar-refractivity contribution in [2.45, 2.75) is 6.92 Å². The number of aryl methyl sites for hydroxylation is 1. The van der Waals surface area contributed by atoms with Gasteiger partial charge in [-0.3, -0.25) is 4.79 Å². The van der Waals surface area contributed by atoms with Crippen LogP contribution in [-0.2, 0) is 0 Å². The highest BCUT2D eigenvalue weighted by atomic mass is 16.5. The van der Waals surface area contributed by atoms with Crippen LogP contribution in [0.1, 0.15) is 26.5 Å². The highest BCUT2D eigenvalue weighted by Crippen LogP contribution is 2.27. The molecule has 0 spiro atoms. The van der Waals surface area contributed by atoms with E-state index in [4.69, 9.17) is 9.63 Å². The van der Waals surface area contributed by atoms with Gasteiger partial charge in [0, 0.05) is 18.3 Å². The molecule has 0 saturated heterocycles. The second-order valence-electron chi connectivity index (χ2n) is 5.54. The van der Waals surface area contributed by atoms with E-state index in [1.165, 1.54) is 17.0 Å². The number of aromatic nitrogens is 1. The standard InChI is InChI=1S/C19H16N2O4/c1-12-16(17(20-25-12)13-6-4-3-5-7-13)18(22)21(2)15-10-8-14(9-11-15)19(23)24/h3-11H,1-2H3,(H,23,24). The summed E-state index contributed by atoms with van der Waals surface area (Å²) in [5, 5.41) is 13.0. The molecule has 126 valence electrons. The lowest BCUT2D eigenvalue weighted by Crippen LogP contribution is -2.27. The lowest BCUT2D eigenvalue weighted by Gasteiger charge is -2.17. The largest absolute Gasteiger partial charge is 0.478 e. The van der Waals surface area contributed by atoms with Gasteiger partial charge in [-0.05, 0) is 31.2 Å². The summed E-state index contributed by atoms with van der Waals surface area (Å²) in [6.07, 6.45) is 0. The van der Waals surface area contributed by atoms with Crippen molar-refractivity contribution in [3.63, 3.8) is 0 Å². The summed E-state index contributed by atoms with van der Waals surface area (Å²) < 4.78 is 5.23. The van der Waals surface area contributed by atoms with E-state index in [0.29, 0.717) is 22.7 Å². The van der Waals surface area contributed by atoms with Crippen LogP contribution in [0.5, 0.6) is 0 Å². The second kappa shape index (κ2) is 6.60. The molecule has 0 unspecified atom stereocenters. The Morgan fingerprint density at radius 3 is 2.28 bits per heavy atom. The highest BCUT2D eigenvalue weighted by Gasteiger charge is 2.25. The monoisotopic (exact) mass is 336 g/mol. The molecule has 6 nitrogen and oxygen atoms in total. The zero-order valence-corrected chi connectivity index (χ0v) is 13.8. The van der Waals surface area contributed by atoms with Gasteiger partial charge in [-0.25, -0.2) is 4.79 Å². The number of hydrogen-bond acceptors (Lipinski definition) is 4. The zero-order chi connectivity index (χ0) is 18.0. The van der Waals surface area contributed by atoms with Crippen LogP contribution < -0.4 is 4.90 Å². The van der Waals surface area contributed by atoms with Crippen molar-refractivity contribution >= 4 is 17.6 Å². The van der Waals surface area contributed by atoms with Gasteiger partial charge in [0.25, 0.3) is 5.91 Å². The van der Waals surface area contributed by atoms with Crippen molar-refractivity contribution in [2.75, 3.05) is 11.9 Å². The van der Waals surface area contributed by atoms with Crippen molar-refractivity contribution in [1.82, 2.24) is 5.16 Å². The number of carbonyl (C=O) groups excluding carboxylic acids is 1. The molecule has 0 atom stereocenters. The summed E-state index contributed by atoms with van der Waals surface area (Å²) in [6.45, 7) is 1.69. The van der Waals surface area contributed by atoms with Crippen LogP contribution in [0.15, 0.2) is 59.1 Å². The average molecular weight is 336 g/mol. The third-order valence-electron chi connectivity index (χ3n) is 3.93. The lowest BCUT2D eigenvalue weighted by atomic mass is 10.0. The fourth-order valence-corrected chi connectivity index (χ4v) is 2.53. The van der Waals surface area contributed by atoms with Gasteiger partial charge < -0.3 is 14.5 Å². The van der Waals surface area contributed by atoms with E-state index in [0.717, 1.165) is 5.56 Å². The predicted octanol–water partition coefficient (Wildman–Crippen LogP) is 3.62. The van der Waals surface area contributed by atoms with E-state index < -0.39 is 5.97 Å². The molecule has 0 aliphatic heterocycles. The molecule has 0 bridgehead atoms. The van der Waals surface area contributed by atoms with Gasteiger partial charge in [-0.15, -0.1) is 0 Å². The van der Waals surface area contributed by atoms with Gasteiger partial charge >= 0.3 is 5.97 Å². The van der Waals surface area contributed by atoms with Gasteiger partial charge in [0.2, 0.25) is 0 Å².